The fourth-order valence-corrected chi connectivity index (χ4v) is 8.47. The number of rotatable bonds is 12. The Bertz CT molecular complexity index is 3050. The molecule has 10 aromatic carbocycles. The van der Waals surface area contributed by atoms with Gasteiger partial charge in [-0.05, 0) is 141 Å². The average Bonchev–Trinajstić information content (AvgIpc) is 3.36. The second kappa shape index (κ2) is 17.9. The lowest BCUT2D eigenvalue weighted by molar-refractivity contribution is 0.414. The smallest absolute Gasteiger partial charge is 0.119 e. The predicted molar refractivity (Wildman–Crippen MR) is 272 cm³/mol. The summed E-state index contributed by atoms with van der Waals surface area (Å²) in [5.74, 6) is 1.66. The number of ether oxygens (including phenoxy) is 2. The van der Waals surface area contributed by atoms with Crippen LogP contribution in [0.25, 0.3) is 56.6 Å². The number of benzene rings is 10. The van der Waals surface area contributed by atoms with Crippen LogP contribution in [0.15, 0.2) is 218 Å². The number of methoxy groups -OCH3 is 2. The predicted octanol–water partition coefficient (Wildman–Crippen LogP) is 16.4. The Labute approximate surface area is 374 Å². The molecule has 0 heterocycles. The topological polar surface area (TPSA) is 24.9 Å². The molecule has 0 saturated carbocycles. The highest BCUT2D eigenvalue weighted by atomic mass is 16.5. The molecule has 4 nitrogen and oxygen atoms in total. The van der Waals surface area contributed by atoms with E-state index in [2.05, 4.69) is 228 Å². The number of hydrogen-bond donors (Lipinski definition) is 0. The Hall–Kier alpha value is -8.34. The van der Waals surface area contributed by atoms with Gasteiger partial charge in [-0.15, -0.1) is 0 Å². The molecule has 0 atom stereocenters. The van der Waals surface area contributed by atoms with Crippen molar-refractivity contribution < 1.29 is 9.47 Å². The van der Waals surface area contributed by atoms with Crippen LogP contribution in [0.5, 0.6) is 11.5 Å². The molecule has 0 aliphatic heterocycles. The Morgan fingerprint density at radius 1 is 0.297 bits per heavy atom. The summed E-state index contributed by atoms with van der Waals surface area (Å²) in [4.78, 5) is 4.62. The molecule has 308 valence electrons. The summed E-state index contributed by atoms with van der Waals surface area (Å²) in [6, 6.07) is 77.3. The minimum absolute atomic E-state index is 0.832. The van der Waals surface area contributed by atoms with Crippen molar-refractivity contribution in [3.8, 4) is 11.5 Å². The number of hydrogen-bond acceptors (Lipinski definition) is 4. The Morgan fingerprint density at radius 2 is 0.625 bits per heavy atom. The third-order valence-electron chi connectivity index (χ3n) is 11.8. The van der Waals surface area contributed by atoms with Crippen molar-refractivity contribution in [2.45, 2.75) is 0 Å². The zero-order valence-corrected chi connectivity index (χ0v) is 35.8. The van der Waals surface area contributed by atoms with Gasteiger partial charge < -0.3 is 19.3 Å². The molecule has 0 aliphatic rings. The van der Waals surface area contributed by atoms with E-state index in [4.69, 9.17) is 9.47 Å². The molecule has 4 heteroatoms. The van der Waals surface area contributed by atoms with Crippen molar-refractivity contribution in [3.63, 3.8) is 0 Å². The van der Waals surface area contributed by atoms with E-state index >= 15 is 0 Å². The van der Waals surface area contributed by atoms with Gasteiger partial charge in [-0.2, -0.15) is 0 Å². The zero-order valence-electron chi connectivity index (χ0n) is 35.8. The SMILES string of the molecule is COc1ccc(N(c2ccc(/C=C/c3ccc4cc(/C=C/c5ccc(N(c6ccc(OC)cc6)c6cccc7ccccc67)cc5)ccc4c3)cc2)c2cccc3ccccc23)cc1. The summed E-state index contributed by atoms with van der Waals surface area (Å²) in [6.07, 6.45) is 8.74. The van der Waals surface area contributed by atoms with Crippen molar-refractivity contribution in [1.82, 2.24) is 0 Å². The summed E-state index contributed by atoms with van der Waals surface area (Å²) >= 11 is 0. The molecule has 0 N–H and O–H groups in total. The molecular weight excluding hydrogens is 781 g/mol. The first-order chi connectivity index (χ1) is 31.6. The van der Waals surface area contributed by atoms with Crippen molar-refractivity contribution in [3.05, 3.63) is 241 Å². The van der Waals surface area contributed by atoms with E-state index in [-0.39, 0.29) is 0 Å². The molecule has 0 spiro atoms. The van der Waals surface area contributed by atoms with Crippen molar-refractivity contribution in [2.24, 2.45) is 0 Å². The van der Waals surface area contributed by atoms with Crippen LogP contribution < -0.4 is 19.3 Å². The largest absolute Gasteiger partial charge is 0.497 e. The van der Waals surface area contributed by atoms with Crippen LogP contribution in [0, 0.1) is 0 Å². The normalized spacial score (nSPS) is 11.5. The van der Waals surface area contributed by atoms with Crippen LogP contribution in [0.1, 0.15) is 22.3 Å². The molecule has 64 heavy (non-hydrogen) atoms. The van der Waals surface area contributed by atoms with Gasteiger partial charge in [0.2, 0.25) is 0 Å². The minimum atomic E-state index is 0.832. The third kappa shape index (κ3) is 8.33. The first kappa shape index (κ1) is 39.8. The zero-order chi connectivity index (χ0) is 43.2. The highest BCUT2D eigenvalue weighted by molar-refractivity contribution is 6.00. The van der Waals surface area contributed by atoms with Crippen LogP contribution in [0.3, 0.4) is 0 Å². The molecule has 0 radical (unpaired) electrons. The summed E-state index contributed by atoms with van der Waals surface area (Å²) < 4.78 is 10.9. The molecular formula is C60H46N2O2. The number of anilines is 6. The van der Waals surface area contributed by atoms with Crippen molar-refractivity contribution >= 4 is 90.7 Å². The van der Waals surface area contributed by atoms with E-state index in [1.54, 1.807) is 14.2 Å². The molecule has 0 amide bonds. The van der Waals surface area contributed by atoms with Gasteiger partial charge in [-0.1, -0.05) is 146 Å². The highest BCUT2D eigenvalue weighted by Gasteiger charge is 2.17. The van der Waals surface area contributed by atoms with Gasteiger partial charge in [0.05, 0.1) is 25.6 Å². The monoisotopic (exact) mass is 826 g/mol. The summed E-state index contributed by atoms with van der Waals surface area (Å²) in [7, 11) is 3.40. The van der Waals surface area contributed by atoms with Gasteiger partial charge in [0.15, 0.2) is 0 Å². The average molecular weight is 827 g/mol. The van der Waals surface area contributed by atoms with Gasteiger partial charge in [-0.25, -0.2) is 0 Å². The Balaban J connectivity index is 0.855. The maximum atomic E-state index is 5.47. The summed E-state index contributed by atoms with van der Waals surface area (Å²) in [5.41, 5.74) is 11.1. The van der Waals surface area contributed by atoms with Gasteiger partial charge >= 0.3 is 0 Å². The summed E-state index contributed by atoms with van der Waals surface area (Å²) in [6.45, 7) is 0. The van der Waals surface area contributed by atoms with E-state index in [1.807, 2.05) is 24.3 Å². The molecule has 10 rings (SSSR count). The van der Waals surface area contributed by atoms with Gasteiger partial charge in [-0.3, -0.25) is 0 Å². The molecule has 0 bridgehead atoms. The number of nitrogens with zero attached hydrogens (tertiary/aromatic N) is 2. The number of fused-ring (bicyclic) bond motifs is 3. The maximum absolute atomic E-state index is 5.47. The lowest BCUT2D eigenvalue weighted by Gasteiger charge is -2.27. The van der Waals surface area contributed by atoms with E-state index in [1.165, 1.54) is 32.3 Å². The van der Waals surface area contributed by atoms with Crippen molar-refractivity contribution in [1.29, 1.82) is 0 Å². The standard InChI is InChI=1S/C60H46N2O2/c1-63-55-37-33-53(34-38-55)61(59-15-7-11-47-9-3-5-13-57(47)59)51-29-23-43(24-30-51)17-19-45-21-27-50-42-46(22-28-49(50)41-45)20-18-44-25-31-52(32-26-44)62(54-35-39-56(64-2)40-36-54)60-16-8-12-48-10-4-6-14-58(48)60/h3-42H,1-2H3/b19-17+,20-18+. The minimum Gasteiger partial charge on any atom is -0.497 e. The molecule has 10 aromatic rings. The van der Waals surface area contributed by atoms with Crippen LogP contribution in [0.2, 0.25) is 0 Å². The maximum Gasteiger partial charge on any atom is 0.119 e. The molecule has 0 saturated heterocycles. The van der Waals surface area contributed by atoms with Gasteiger partial charge in [0, 0.05) is 33.5 Å². The van der Waals surface area contributed by atoms with Crippen LogP contribution in [-0.2, 0) is 0 Å². The second-order valence-electron chi connectivity index (χ2n) is 15.8. The molecule has 0 aliphatic carbocycles. The van der Waals surface area contributed by atoms with E-state index < -0.39 is 0 Å². The van der Waals surface area contributed by atoms with Gasteiger partial charge in [0.25, 0.3) is 0 Å². The highest BCUT2D eigenvalue weighted by Crippen LogP contribution is 2.41. The van der Waals surface area contributed by atoms with E-state index in [9.17, 15) is 0 Å². The van der Waals surface area contributed by atoms with Crippen molar-refractivity contribution in [2.75, 3.05) is 24.0 Å². The lowest BCUT2D eigenvalue weighted by Crippen LogP contribution is -2.10. The van der Waals surface area contributed by atoms with Crippen LogP contribution in [-0.4, -0.2) is 14.2 Å². The molecule has 0 fully saturated rings. The first-order valence-corrected chi connectivity index (χ1v) is 21.5. The Kier molecular flexibility index (Phi) is 11.2. The fourth-order valence-electron chi connectivity index (χ4n) is 8.47. The van der Waals surface area contributed by atoms with Crippen LogP contribution in [0.4, 0.5) is 34.1 Å². The fraction of sp³-hybridized carbons (Fsp3) is 0.0333. The van der Waals surface area contributed by atoms with E-state index in [0.717, 1.165) is 67.9 Å². The second-order valence-corrected chi connectivity index (χ2v) is 15.8. The molecule has 0 unspecified atom stereocenters. The van der Waals surface area contributed by atoms with Crippen LogP contribution >= 0.6 is 0 Å². The lowest BCUT2D eigenvalue weighted by atomic mass is 10.0. The van der Waals surface area contributed by atoms with Gasteiger partial charge in [0.1, 0.15) is 11.5 Å². The first-order valence-electron chi connectivity index (χ1n) is 21.5. The molecule has 0 aromatic heterocycles. The van der Waals surface area contributed by atoms with E-state index in [0.29, 0.717) is 0 Å². The Morgan fingerprint density at radius 3 is 1.02 bits per heavy atom. The summed E-state index contributed by atoms with van der Waals surface area (Å²) in [5, 5.41) is 7.21. The quantitative estimate of drug-likeness (QED) is 0.115. The third-order valence-corrected chi connectivity index (χ3v) is 11.8.